The number of amides is 3. The molecule has 6 nitrogen and oxygen atoms in total. The van der Waals surface area contributed by atoms with Crippen LogP contribution in [0, 0.1) is 0 Å². The summed E-state index contributed by atoms with van der Waals surface area (Å²) in [6, 6.07) is 8.87. The summed E-state index contributed by atoms with van der Waals surface area (Å²) in [7, 11) is 0. The van der Waals surface area contributed by atoms with Crippen molar-refractivity contribution in [3.8, 4) is 0 Å². The molecule has 13 heteroatoms. The summed E-state index contributed by atoms with van der Waals surface area (Å²) in [6.45, 7) is 1.41. The molecule has 0 aliphatic carbocycles. The lowest BCUT2D eigenvalue weighted by atomic mass is 10.0. The lowest BCUT2D eigenvalue weighted by molar-refractivity contribution is -0.00684. The molecule has 0 saturated carbocycles. The van der Waals surface area contributed by atoms with Crippen LogP contribution in [0.1, 0.15) is 48.4 Å². The van der Waals surface area contributed by atoms with Crippen LogP contribution in [0.3, 0.4) is 0 Å². The van der Waals surface area contributed by atoms with Crippen molar-refractivity contribution in [3.63, 3.8) is 0 Å². The molecule has 0 bridgehead atoms. The zero-order valence-electron chi connectivity index (χ0n) is 18.3. The minimum absolute atomic E-state index is 0.0121. The molecule has 0 fully saturated rings. The molecule has 4 rings (SSSR count). The Hall–Kier alpha value is -1.27. The Morgan fingerprint density at radius 3 is 1.76 bits per heavy atom. The van der Waals surface area contributed by atoms with Gasteiger partial charge in [-0.3, -0.25) is 19.2 Å². The molecule has 1 aliphatic heterocycles. The highest BCUT2D eigenvalue weighted by atomic mass is 79.9. The fraction of sp³-hybridized carbons (Fsp3) is 0.0833. The lowest BCUT2D eigenvalue weighted by Gasteiger charge is -2.34. The highest BCUT2D eigenvalue weighted by molar-refractivity contribution is 9.15. The molecule has 1 aliphatic rings. The Morgan fingerprint density at radius 1 is 0.784 bits per heavy atom. The second-order valence-electron chi connectivity index (χ2n) is 7.75. The zero-order valence-corrected chi connectivity index (χ0v) is 26.9. The van der Waals surface area contributed by atoms with Gasteiger partial charge in [-0.25, -0.2) is 5.01 Å². The molecule has 190 valence electrons. The van der Waals surface area contributed by atoms with Crippen LogP contribution in [0.2, 0.25) is 15.1 Å². The number of carbonyl (C=O) groups excluding carboxylic acids is 4. The molecule has 1 atom stereocenters. The Balaban J connectivity index is 1.89. The van der Waals surface area contributed by atoms with Crippen molar-refractivity contribution in [1.29, 1.82) is 0 Å². The van der Waals surface area contributed by atoms with E-state index in [-0.39, 0.29) is 32.3 Å². The van der Waals surface area contributed by atoms with Crippen LogP contribution in [-0.4, -0.2) is 39.6 Å². The first-order valence-corrected chi connectivity index (χ1v) is 14.5. The van der Waals surface area contributed by atoms with E-state index in [4.69, 9.17) is 34.8 Å². The summed E-state index contributed by atoms with van der Waals surface area (Å²) in [6.07, 6.45) is 0. The third-order valence-corrected chi connectivity index (χ3v) is 11.1. The summed E-state index contributed by atoms with van der Waals surface area (Å²) in [5, 5.41) is 2.15. The van der Waals surface area contributed by atoms with Gasteiger partial charge < -0.3 is 0 Å². The van der Waals surface area contributed by atoms with E-state index >= 15 is 0 Å². The molecule has 0 radical (unpaired) electrons. The number of ketones is 1. The second kappa shape index (κ2) is 11.1. The van der Waals surface area contributed by atoms with Crippen molar-refractivity contribution in [2.75, 3.05) is 0 Å². The maximum absolute atomic E-state index is 13.9. The number of benzene rings is 3. The van der Waals surface area contributed by atoms with Gasteiger partial charge in [0.1, 0.15) is 6.04 Å². The molecule has 0 spiro atoms. The number of hydrogen-bond donors (Lipinski definition) is 0. The van der Waals surface area contributed by atoms with Gasteiger partial charge in [-0.1, -0.05) is 34.8 Å². The molecular formula is C24H11Br4Cl3N2O4. The number of Topliss-reactive ketones (excluding diaryl/α,β-unsaturated/α-hetero) is 1. The summed E-state index contributed by atoms with van der Waals surface area (Å²) in [5.41, 5.74) is 0.191. The van der Waals surface area contributed by atoms with E-state index in [1.807, 2.05) is 0 Å². The van der Waals surface area contributed by atoms with Crippen molar-refractivity contribution < 1.29 is 19.2 Å². The Labute approximate surface area is 259 Å². The first-order chi connectivity index (χ1) is 17.4. The zero-order chi connectivity index (χ0) is 27.3. The minimum Gasteiger partial charge on any atom is -0.292 e. The maximum Gasteiger partial charge on any atom is 0.282 e. The van der Waals surface area contributed by atoms with Crippen molar-refractivity contribution >= 4 is 122 Å². The van der Waals surface area contributed by atoms with Gasteiger partial charge in [-0.2, -0.15) is 5.01 Å². The van der Waals surface area contributed by atoms with Gasteiger partial charge in [0.2, 0.25) is 0 Å². The fourth-order valence-corrected chi connectivity index (χ4v) is 6.80. The normalized spacial score (nSPS) is 13.6. The smallest absolute Gasteiger partial charge is 0.282 e. The minimum atomic E-state index is -1.30. The number of carbonyl (C=O) groups is 4. The number of fused-ring (bicyclic) bond motifs is 1. The van der Waals surface area contributed by atoms with Gasteiger partial charge in [0.05, 0.1) is 21.7 Å². The molecule has 3 aromatic carbocycles. The van der Waals surface area contributed by atoms with Gasteiger partial charge in [0.15, 0.2) is 5.78 Å². The number of hydrogen-bond acceptors (Lipinski definition) is 4. The van der Waals surface area contributed by atoms with Crippen molar-refractivity contribution in [1.82, 2.24) is 10.0 Å². The van der Waals surface area contributed by atoms with E-state index in [1.54, 1.807) is 0 Å². The molecular weight excluding hydrogens is 806 g/mol. The number of rotatable bonds is 5. The predicted octanol–water partition coefficient (Wildman–Crippen LogP) is 8.62. The molecule has 0 N–H and O–H groups in total. The van der Waals surface area contributed by atoms with Crippen molar-refractivity contribution in [2.24, 2.45) is 0 Å². The van der Waals surface area contributed by atoms with Crippen molar-refractivity contribution in [2.45, 2.75) is 13.0 Å². The molecule has 0 unspecified atom stereocenters. The van der Waals surface area contributed by atoms with Gasteiger partial charge >= 0.3 is 0 Å². The summed E-state index contributed by atoms with van der Waals surface area (Å²) in [4.78, 5) is 54.8. The highest BCUT2D eigenvalue weighted by Crippen LogP contribution is 2.46. The number of imide groups is 1. The van der Waals surface area contributed by atoms with E-state index < -0.39 is 29.5 Å². The van der Waals surface area contributed by atoms with Crippen LogP contribution in [0.4, 0.5) is 0 Å². The predicted molar refractivity (Wildman–Crippen MR) is 156 cm³/mol. The van der Waals surface area contributed by atoms with Gasteiger partial charge in [-0.15, -0.1) is 0 Å². The molecule has 37 heavy (non-hydrogen) atoms. The molecule has 3 amide bonds. The maximum atomic E-state index is 13.9. The second-order valence-corrected chi connectivity index (χ2v) is 12.2. The van der Waals surface area contributed by atoms with Crippen LogP contribution in [0.25, 0.3) is 0 Å². The standard InChI is InChI=1S/C24H11Br4Cl3N2O4/c1-9(21(34)10-2-4-11(29)5-3-10)32(22(35)13-7-6-12(30)8-14(13)31)33-23(36)15-16(24(33)37)18(26)20(28)19(27)17(15)25/h2-9H,1H3/t9-/m1/s1. The van der Waals surface area contributed by atoms with E-state index in [2.05, 4.69) is 63.7 Å². The largest absolute Gasteiger partial charge is 0.292 e. The van der Waals surface area contributed by atoms with Crippen LogP contribution in [-0.2, 0) is 0 Å². The van der Waals surface area contributed by atoms with Crippen LogP contribution >= 0.6 is 98.5 Å². The first-order valence-electron chi connectivity index (χ1n) is 10.2. The average Bonchev–Trinajstić information content (AvgIpc) is 3.11. The quantitative estimate of drug-likeness (QED) is 0.112. The van der Waals surface area contributed by atoms with Gasteiger partial charge in [0, 0.05) is 33.5 Å². The fourth-order valence-electron chi connectivity index (χ4n) is 3.73. The average molecular weight is 817 g/mol. The van der Waals surface area contributed by atoms with Gasteiger partial charge in [0.25, 0.3) is 17.7 Å². The highest BCUT2D eigenvalue weighted by Gasteiger charge is 2.48. The Kier molecular flexibility index (Phi) is 8.60. The number of nitrogens with zero attached hydrogens (tertiary/aromatic N) is 2. The molecule has 3 aromatic rings. The van der Waals surface area contributed by atoms with Crippen LogP contribution in [0.15, 0.2) is 60.4 Å². The van der Waals surface area contributed by atoms with E-state index in [1.165, 1.54) is 49.4 Å². The number of halogens is 7. The lowest BCUT2D eigenvalue weighted by Crippen LogP contribution is -2.56. The third-order valence-electron chi connectivity index (χ3n) is 5.54. The Morgan fingerprint density at radius 2 is 1.27 bits per heavy atom. The summed E-state index contributed by atoms with van der Waals surface area (Å²) < 4.78 is 1.55. The summed E-state index contributed by atoms with van der Waals surface area (Å²) in [5.74, 6) is -3.01. The van der Waals surface area contributed by atoms with Gasteiger partial charge in [-0.05, 0) is 113 Å². The molecule has 0 aromatic heterocycles. The van der Waals surface area contributed by atoms with E-state index in [0.717, 1.165) is 5.01 Å². The van der Waals surface area contributed by atoms with E-state index in [0.29, 0.717) is 27.9 Å². The topological polar surface area (TPSA) is 74.8 Å². The number of hydrazine groups is 1. The Bertz CT molecular complexity index is 1470. The monoisotopic (exact) mass is 812 g/mol. The summed E-state index contributed by atoms with van der Waals surface area (Å²) >= 11 is 31.7. The SMILES string of the molecule is C[C@H](C(=O)c1ccc(Cl)cc1)N(C(=O)c1ccc(Cl)cc1Cl)N1C(=O)c2c(Br)c(Br)c(Br)c(Br)c2C1=O. The van der Waals surface area contributed by atoms with Crippen LogP contribution in [0.5, 0.6) is 0 Å². The van der Waals surface area contributed by atoms with Crippen molar-refractivity contribution in [3.05, 3.63) is 97.7 Å². The molecule has 1 heterocycles. The van der Waals surface area contributed by atoms with Crippen LogP contribution < -0.4 is 0 Å². The third kappa shape index (κ3) is 5.06. The van der Waals surface area contributed by atoms with E-state index in [9.17, 15) is 19.2 Å². The first kappa shape index (κ1) is 28.7. The molecule has 0 saturated heterocycles.